The van der Waals surface area contributed by atoms with Gasteiger partial charge in [-0.15, -0.1) is 11.8 Å². The Labute approximate surface area is 127 Å². The van der Waals surface area contributed by atoms with E-state index >= 15 is 0 Å². The highest BCUT2D eigenvalue weighted by Crippen LogP contribution is 2.15. The van der Waals surface area contributed by atoms with Crippen molar-refractivity contribution < 1.29 is 14.3 Å². The second-order valence-electron chi connectivity index (χ2n) is 4.22. The molecular weight excluding hydrogens is 286 g/mol. The van der Waals surface area contributed by atoms with Crippen LogP contribution in [0.4, 0.5) is 0 Å². The molecule has 0 amide bonds. The number of carbonyl (C=O) groups is 2. The molecule has 1 heterocycles. The standard InChI is InChI=1S/C16H15NO3S/c1-21-13-7-4-12(5-8-13)6-9-16(19)20-11-15(18)14-3-2-10-17-14/h2-10,17H,11H2,1H3. The van der Waals surface area contributed by atoms with Gasteiger partial charge in [0.15, 0.2) is 6.61 Å². The molecule has 0 saturated heterocycles. The Morgan fingerprint density at radius 1 is 1.24 bits per heavy atom. The molecule has 0 aliphatic rings. The van der Waals surface area contributed by atoms with Gasteiger partial charge in [-0.25, -0.2) is 4.79 Å². The number of hydrogen-bond acceptors (Lipinski definition) is 4. The molecule has 0 aliphatic carbocycles. The van der Waals surface area contributed by atoms with Crippen molar-refractivity contribution in [1.29, 1.82) is 0 Å². The number of carbonyl (C=O) groups excluding carboxylic acids is 2. The zero-order valence-corrected chi connectivity index (χ0v) is 12.4. The summed E-state index contributed by atoms with van der Waals surface area (Å²) in [7, 11) is 0. The summed E-state index contributed by atoms with van der Waals surface area (Å²) in [4.78, 5) is 27.1. The zero-order chi connectivity index (χ0) is 15.1. The maximum absolute atomic E-state index is 11.6. The van der Waals surface area contributed by atoms with E-state index in [1.54, 1.807) is 36.2 Å². The zero-order valence-electron chi connectivity index (χ0n) is 11.5. The van der Waals surface area contributed by atoms with E-state index < -0.39 is 5.97 Å². The van der Waals surface area contributed by atoms with Crippen LogP contribution in [0.5, 0.6) is 0 Å². The first-order chi connectivity index (χ1) is 10.2. The summed E-state index contributed by atoms with van der Waals surface area (Å²) in [6, 6.07) is 11.1. The topological polar surface area (TPSA) is 59.2 Å². The molecule has 0 bridgehead atoms. The van der Waals surface area contributed by atoms with Gasteiger partial charge in [-0.05, 0) is 42.2 Å². The molecular formula is C16H15NO3S. The number of nitrogens with one attached hydrogen (secondary N) is 1. The summed E-state index contributed by atoms with van der Waals surface area (Å²) in [5.74, 6) is -0.796. The summed E-state index contributed by atoms with van der Waals surface area (Å²) in [6.07, 6.45) is 6.62. The molecule has 0 fully saturated rings. The first kappa shape index (κ1) is 15.1. The number of aromatic nitrogens is 1. The van der Waals surface area contributed by atoms with Crippen LogP contribution in [0.1, 0.15) is 16.1 Å². The molecule has 2 aromatic rings. The van der Waals surface area contributed by atoms with Crippen molar-refractivity contribution in [1.82, 2.24) is 4.98 Å². The van der Waals surface area contributed by atoms with Gasteiger partial charge in [0.05, 0.1) is 5.69 Å². The van der Waals surface area contributed by atoms with Crippen LogP contribution in [0.25, 0.3) is 6.08 Å². The van der Waals surface area contributed by atoms with E-state index in [-0.39, 0.29) is 12.4 Å². The quantitative estimate of drug-likeness (QED) is 0.385. The van der Waals surface area contributed by atoms with E-state index in [1.165, 1.54) is 6.08 Å². The molecule has 0 unspecified atom stereocenters. The third kappa shape index (κ3) is 4.65. The summed E-state index contributed by atoms with van der Waals surface area (Å²) < 4.78 is 4.89. The van der Waals surface area contributed by atoms with Gasteiger partial charge in [0, 0.05) is 17.2 Å². The molecule has 5 heteroatoms. The molecule has 21 heavy (non-hydrogen) atoms. The van der Waals surface area contributed by atoms with Gasteiger partial charge in [-0.2, -0.15) is 0 Å². The van der Waals surface area contributed by atoms with Crippen molar-refractivity contribution in [3.63, 3.8) is 0 Å². The minimum atomic E-state index is -0.538. The van der Waals surface area contributed by atoms with Crippen molar-refractivity contribution in [3.8, 4) is 0 Å². The number of Topliss-reactive ketones (excluding diaryl/α,β-unsaturated/α-hetero) is 1. The van der Waals surface area contributed by atoms with Crippen LogP contribution in [-0.2, 0) is 9.53 Å². The molecule has 0 spiro atoms. The number of hydrogen-bond donors (Lipinski definition) is 1. The summed E-state index contributed by atoms with van der Waals surface area (Å²) >= 11 is 1.66. The minimum Gasteiger partial charge on any atom is -0.454 e. The lowest BCUT2D eigenvalue weighted by Gasteiger charge is -2.00. The summed E-state index contributed by atoms with van der Waals surface area (Å²) in [5.41, 5.74) is 1.33. The number of thioether (sulfide) groups is 1. The molecule has 0 saturated carbocycles. The number of benzene rings is 1. The van der Waals surface area contributed by atoms with Crippen LogP contribution >= 0.6 is 11.8 Å². The van der Waals surface area contributed by atoms with Crippen molar-refractivity contribution in [2.75, 3.05) is 12.9 Å². The molecule has 0 atom stereocenters. The Morgan fingerprint density at radius 3 is 2.62 bits per heavy atom. The van der Waals surface area contributed by atoms with E-state index in [2.05, 4.69) is 4.98 Å². The van der Waals surface area contributed by atoms with E-state index in [0.717, 1.165) is 10.5 Å². The smallest absolute Gasteiger partial charge is 0.331 e. The van der Waals surface area contributed by atoms with Crippen LogP contribution in [0.15, 0.2) is 53.6 Å². The van der Waals surface area contributed by atoms with Crippen LogP contribution < -0.4 is 0 Å². The maximum atomic E-state index is 11.6. The average Bonchev–Trinajstić information content (AvgIpc) is 3.05. The van der Waals surface area contributed by atoms with Crippen molar-refractivity contribution in [2.45, 2.75) is 4.90 Å². The molecule has 0 radical (unpaired) electrons. The molecule has 1 aromatic carbocycles. The Bertz CT molecular complexity index is 630. The second-order valence-corrected chi connectivity index (χ2v) is 5.10. The first-order valence-electron chi connectivity index (χ1n) is 6.34. The number of esters is 1. The number of H-pyrrole nitrogens is 1. The molecule has 0 aliphatic heterocycles. The predicted molar refractivity (Wildman–Crippen MR) is 83.3 cm³/mol. The third-order valence-electron chi connectivity index (χ3n) is 2.77. The van der Waals surface area contributed by atoms with Crippen LogP contribution in [0, 0.1) is 0 Å². The molecule has 4 nitrogen and oxygen atoms in total. The van der Waals surface area contributed by atoms with Crippen molar-refractivity contribution in [3.05, 3.63) is 59.9 Å². The lowest BCUT2D eigenvalue weighted by atomic mass is 10.2. The lowest BCUT2D eigenvalue weighted by molar-refractivity contribution is -0.136. The number of ketones is 1. The Balaban J connectivity index is 1.83. The van der Waals surface area contributed by atoms with Crippen molar-refractivity contribution >= 4 is 29.6 Å². The van der Waals surface area contributed by atoms with Gasteiger partial charge in [-0.1, -0.05) is 12.1 Å². The molecule has 108 valence electrons. The normalized spacial score (nSPS) is 10.7. The van der Waals surface area contributed by atoms with Crippen molar-refractivity contribution in [2.24, 2.45) is 0 Å². The Morgan fingerprint density at radius 2 is 2.00 bits per heavy atom. The monoisotopic (exact) mass is 301 g/mol. The highest BCUT2D eigenvalue weighted by atomic mass is 32.2. The predicted octanol–water partition coefficient (Wildman–Crippen LogP) is 3.18. The van der Waals surface area contributed by atoms with E-state index in [9.17, 15) is 9.59 Å². The highest BCUT2D eigenvalue weighted by molar-refractivity contribution is 7.98. The average molecular weight is 301 g/mol. The van der Waals surface area contributed by atoms with Gasteiger partial charge < -0.3 is 9.72 Å². The van der Waals surface area contributed by atoms with Gasteiger partial charge in [0.1, 0.15) is 0 Å². The minimum absolute atomic E-state index is 0.258. The lowest BCUT2D eigenvalue weighted by Crippen LogP contribution is -2.12. The van der Waals surface area contributed by atoms with Crippen LogP contribution in [-0.4, -0.2) is 29.6 Å². The second kappa shape index (κ2) is 7.50. The van der Waals surface area contributed by atoms with Crippen LogP contribution in [0.2, 0.25) is 0 Å². The fourth-order valence-electron chi connectivity index (χ4n) is 1.65. The molecule has 1 N–H and O–H groups in total. The van der Waals surface area contributed by atoms with Gasteiger partial charge in [0.25, 0.3) is 0 Å². The van der Waals surface area contributed by atoms with E-state index in [1.807, 2.05) is 30.5 Å². The largest absolute Gasteiger partial charge is 0.454 e. The van der Waals surface area contributed by atoms with E-state index in [0.29, 0.717) is 5.69 Å². The van der Waals surface area contributed by atoms with Crippen LogP contribution in [0.3, 0.4) is 0 Å². The summed E-state index contributed by atoms with van der Waals surface area (Å²) in [6.45, 7) is -0.269. The maximum Gasteiger partial charge on any atom is 0.331 e. The SMILES string of the molecule is CSc1ccc(C=CC(=O)OCC(=O)c2ccc[nH]2)cc1. The van der Waals surface area contributed by atoms with Gasteiger partial charge >= 0.3 is 5.97 Å². The number of aromatic amines is 1. The highest BCUT2D eigenvalue weighted by Gasteiger charge is 2.08. The summed E-state index contributed by atoms with van der Waals surface area (Å²) in [5, 5.41) is 0. The Kier molecular flexibility index (Phi) is 5.40. The molecule has 2 rings (SSSR count). The molecule has 1 aromatic heterocycles. The van der Waals surface area contributed by atoms with E-state index in [4.69, 9.17) is 4.74 Å². The first-order valence-corrected chi connectivity index (χ1v) is 7.57. The number of ether oxygens (including phenoxy) is 1. The number of rotatable bonds is 6. The fourth-order valence-corrected chi connectivity index (χ4v) is 2.05. The fraction of sp³-hybridized carbons (Fsp3) is 0.125. The van der Waals surface area contributed by atoms with Gasteiger partial charge in [0.2, 0.25) is 5.78 Å². The Hall–Kier alpha value is -2.27. The van der Waals surface area contributed by atoms with Gasteiger partial charge in [-0.3, -0.25) is 4.79 Å². The third-order valence-corrected chi connectivity index (χ3v) is 3.52.